The van der Waals surface area contributed by atoms with Gasteiger partial charge in [-0.2, -0.15) is 0 Å². The average Bonchev–Trinajstić information content (AvgIpc) is 2.71. The lowest BCUT2D eigenvalue weighted by molar-refractivity contribution is -0.131. The highest BCUT2D eigenvalue weighted by Crippen LogP contribution is 2.23. The zero-order valence-corrected chi connectivity index (χ0v) is 17.1. The average molecular weight is 390 g/mol. The standard InChI is InChI=1S/C25H26O4/c1-19(17-18-26)5-4-6-22(23-11-15-24(28-3)16-12-23)10-7-21-8-13-25(14-9-21)29-20(2)27/h6-18H,4-5H2,1-3H3/b10-7+,19-17+,22-6-. The third-order valence-electron chi connectivity index (χ3n) is 4.28. The highest BCUT2D eigenvalue weighted by atomic mass is 16.5. The fourth-order valence-corrected chi connectivity index (χ4v) is 2.72. The third-order valence-corrected chi connectivity index (χ3v) is 4.28. The molecule has 0 N–H and O–H groups in total. The van der Waals surface area contributed by atoms with Gasteiger partial charge in [-0.15, -0.1) is 0 Å². The number of allylic oxidation sites excluding steroid dienone is 5. The largest absolute Gasteiger partial charge is 0.497 e. The number of hydrogen-bond acceptors (Lipinski definition) is 4. The van der Waals surface area contributed by atoms with E-state index in [1.165, 1.54) is 6.92 Å². The summed E-state index contributed by atoms with van der Waals surface area (Å²) in [6.45, 7) is 3.33. The molecule has 0 saturated heterocycles. The van der Waals surface area contributed by atoms with Crippen LogP contribution in [0.1, 0.15) is 37.8 Å². The Morgan fingerprint density at radius 2 is 1.62 bits per heavy atom. The second-order valence-corrected chi connectivity index (χ2v) is 6.57. The number of esters is 1. The molecule has 0 spiro atoms. The fourth-order valence-electron chi connectivity index (χ4n) is 2.72. The van der Waals surface area contributed by atoms with Gasteiger partial charge in [0.15, 0.2) is 0 Å². The van der Waals surface area contributed by atoms with E-state index in [4.69, 9.17) is 9.47 Å². The molecular weight excluding hydrogens is 364 g/mol. The number of carbonyl (C=O) groups excluding carboxylic acids is 2. The first-order chi connectivity index (χ1) is 14.0. The van der Waals surface area contributed by atoms with Crippen molar-refractivity contribution in [3.8, 4) is 11.5 Å². The molecule has 0 radical (unpaired) electrons. The molecule has 2 rings (SSSR count). The van der Waals surface area contributed by atoms with Crippen LogP contribution in [-0.2, 0) is 9.59 Å². The molecule has 4 heteroatoms. The smallest absolute Gasteiger partial charge is 0.308 e. The number of carbonyl (C=O) groups is 2. The van der Waals surface area contributed by atoms with Gasteiger partial charge in [-0.3, -0.25) is 9.59 Å². The Labute approximate surface area is 172 Å². The maximum Gasteiger partial charge on any atom is 0.308 e. The zero-order valence-electron chi connectivity index (χ0n) is 17.1. The minimum Gasteiger partial charge on any atom is -0.497 e. The molecule has 0 saturated carbocycles. The molecule has 0 aliphatic carbocycles. The van der Waals surface area contributed by atoms with Crippen LogP contribution in [-0.4, -0.2) is 19.4 Å². The van der Waals surface area contributed by atoms with Crippen molar-refractivity contribution in [2.75, 3.05) is 7.11 Å². The summed E-state index contributed by atoms with van der Waals surface area (Å²) in [6, 6.07) is 15.2. The summed E-state index contributed by atoms with van der Waals surface area (Å²) < 4.78 is 10.3. The van der Waals surface area contributed by atoms with Crippen molar-refractivity contribution >= 4 is 23.9 Å². The van der Waals surface area contributed by atoms with E-state index in [0.717, 1.165) is 47.2 Å². The monoisotopic (exact) mass is 390 g/mol. The van der Waals surface area contributed by atoms with Gasteiger partial charge in [-0.05, 0) is 66.8 Å². The number of hydrogen-bond donors (Lipinski definition) is 0. The third kappa shape index (κ3) is 7.62. The van der Waals surface area contributed by atoms with Gasteiger partial charge in [0.05, 0.1) is 7.11 Å². The summed E-state index contributed by atoms with van der Waals surface area (Å²) >= 11 is 0. The summed E-state index contributed by atoms with van der Waals surface area (Å²) in [6.07, 6.45) is 10.3. The lowest BCUT2D eigenvalue weighted by Gasteiger charge is -2.06. The Hall–Kier alpha value is -3.40. The number of ether oxygens (including phenoxy) is 2. The van der Waals surface area contributed by atoms with Crippen molar-refractivity contribution in [3.05, 3.63) is 83.5 Å². The number of benzene rings is 2. The van der Waals surface area contributed by atoms with Crippen molar-refractivity contribution < 1.29 is 19.1 Å². The molecule has 0 bridgehead atoms. The van der Waals surface area contributed by atoms with Gasteiger partial charge in [-0.25, -0.2) is 0 Å². The van der Waals surface area contributed by atoms with E-state index >= 15 is 0 Å². The second-order valence-electron chi connectivity index (χ2n) is 6.57. The predicted molar refractivity (Wildman–Crippen MR) is 117 cm³/mol. The molecule has 29 heavy (non-hydrogen) atoms. The van der Waals surface area contributed by atoms with Crippen LogP contribution in [0, 0.1) is 0 Å². The van der Waals surface area contributed by atoms with Gasteiger partial charge in [-0.1, -0.05) is 48.1 Å². The Morgan fingerprint density at radius 3 is 2.21 bits per heavy atom. The molecule has 0 fully saturated rings. The second kappa shape index (κ2) is 11.4. The van der Waals surface area contributed by atoms with Crippen molar-refractivity contribution in [1.82, 2.24) is 0 Å². The summed E-state index contributed by atoms with van der Waals surface area (Å²) in [7, 11) is 1.65. The summed E-state index contributed by atoms with van der Waals surface area (Å²) in [4.78, 5) is 21.6. The van der Waals surface area contributed by atoms with E-state index in [0.29, 0.717) is 5.75 Å². The topological polar surface area (TPSA) is 52.6 Å². The van der Waals surface area contributed by atoms with Crippen molar-refractivity contribution in [3.63, 3.8) is 0 Å². The van der Waals surface area contributed by atoms with E-state index in [-0.39, 0.29) is 5.97 Å². The summed E-state index contributed by atoms with van der Waals surface area (Å²) in [5.74, 6) is 0.998. The fraction of sp³-hybridized carbons (Fsp3) is 0.200. The Balaban J connectivity index is 2.21. The quantitative estimate of drug-likeness (QED) is 0.183. The van der Waals surface area contributed by atoms with Gasteiger partial charge in [0.1, 0.15) is 17.8 Å². The lowest BCUT2D eigenvalue weighted by Crippen LogP contribution is -2.00. The molecule has 0 unspecified atom stereocenters. The van der Waals surface area contributed by atoms with E-state index in [1.54, 1.807) is 25.3 Å². The zero-order chi connectivity index (χ0) is 21.1. The van der Waals surface area contributed by atoms with Crippen LogP contribution < -0.4 is 9.47 Å². The van der Waals surface area contributed by atoms with Crippen LogP contribution in [0.25, 0.3) is 11.6 Å². The molecule has 150 valence electrons. The maximum atomic E-state index is 11.0. The molecule has 2 aromatic rings. The first-order valence-electron chi connectivity index (χ1n) is 9.44. The molecule has 0 heterocycles. The van der Waals surface area contributed by atoms with Crippen LogP contribution in [0.4, 0.5) is 0 Å². The van der Waals surface area contributed by atoms with Crippen LogP contribution in [0.3, 0.4) is 0 Å². The van der Waals surface area contributed by atoms with Crippen LogP contribution >= 0.6 is 0 Å². The Kier molecular flexibility index (Phi) is 8.64. The Bertz CT molecular complexity index is 901. The SMILES string of the molecule is COc1ccc(C(=C\CC/C(C)=C/C=O)/C=C/c2ccc(OC(C)=O)cc2)cc1. The molecular formula is C25H26O4. The van der Waals surface area contributed by atoms with Gasteiger partial charge in [0, 0.05) is 6.92 Å². The van der Waals surface area contributed by atoms with Crippen LogP contribution in [0.2, 0.25) is 0 Å². The molecule has 0 aromatic heterocycles. The molecule has 0 atom stereocenters. The van der Waals surface area contributed by atoms with Crippen molar-refractivity contribution in [1.29, 1.82) is 0 Å². The normalized spacial score (nSPS) is 12.1. The minimum atomic E-state index is -0.336. The van der Waals surface area contributed by atoms with Gasteiger partial charge < -0.3 is 9.47 Å². The highest BCUT2D eigenvalue weighted by molar-refractivity contribution is 5.79. The molecule has 0 aliphatic rings. The Morgan fingerprint density at radius 1 is 0.966 bits per heavy atom. The number of rotatable bonds is 9. The number of aldehydes is 1. The molecule has 2 aromatic carbocycles. The first kappa shape index (κ1) is 21.9. The summed E-state index contributed by atoms with van der Waals surface area (Å²) in [5.41, 5.74) is 4.21. The number of methoxy groups -OCH3 is 1. The molecule has 0 amide bonds. The van der Waals surface area contributed by atoms with Crippen LogP contribution in [0.15, 0.2) is 72.3 Å². The van der Waals surface area contributed by atoms with E-state index in [9.17, 15) is 9.59 Å². The predicted octanol–water partition coefficient (Wildman–Crippen LogP) is 5.64. The molecule has 4 nitrogen and oxygen atoms in total. The van der Waals surface area contributed by atoms with Gasteiger partial charge in [0.25, 0.3) is 0 Å². The van der Waals surface area contributed by atoms with Gasteiger partial charge >= 0.3 is 5.97 Å². The van der Waals surface area contributed by atoms with Crippen molar-refractivity contribution in [2.24, 2.45) is 0 Å². The van der Waals surface area contributed by atoms with Gasteiger partial charge in [0.2, 0.25) is 0 Å². The van der Waals surface area contributed by atoms with E-state index in [1.807, 2.05) is 49.4 Å². The lowest BCUT2D eigenvalue weighted by atomic mass is 10.0. The minimum absolute atomic E-state index is 0.336. The van der Waals surface area contributed by atoms with E-state index in [2.05, 4.69) is 12.2 Å². The molecule has 0 aliphatic heterocycles. The first-order valence-corrected chi connectivity index (χ1v) is 9.44. The summed E-state index contributed by atoms with van der Waals surface area (Å²) in [5, 5.41) is 0. The van der Waals surface area contributed by atoms with Crippen molar-refractivity contribution in [2.45, 2.75) is 26.7 Å². The van der Waals surface area contributed by atoms with Crippen LogP contribution in [0.5, 0.6) is 11.5 Å². The van der Waals surface area contributed by atoms with E-state index < -0.39 is 0 Å². The highest BCUT2D eigenvalue weighted by Gasteiger charge is 2.01. The maximum absolute atomic E-state index is 11.0.